The molecule has 112 valence electrons. The molecule has 8 heteroatoms. The van der Waals surface area contributed by atoms with Crippen LogP contribution in [0.5, 0.6) is 0 Å². The third-order valence-electron chi connectivity index (χ3n) is 2.71. The van der Waals surface area contributed by atoms with Crippen LogP contribution < -0.4 is 4.72 Å². The Balaban J connectivity index is 2.18. The number of carbonyl (C=O) groups is 1. The number of hydrogen-bond donors (Lipinski definition) is 1. The van der Waals surface area contributed by atoms with Crippen LogP contribution in [0, 0.1) is 6.92 Å². The predicted molar refractivity (Wildman–Crippen MR) is 79.8 cm³/mol. The number of nitrogens with one attached hydrogen (secondary N) is 1. The molecule has 0 amide bonds. The maximum Gasteiger partial charge on any atom is 0.311 e. The van der Waals surface area contributed by atoms with Gasteiger partial charge in [0.15, 0.2) is 5.13 Å². The molecule has 1 aromatic carbocycles. The van der Waals surface area contributed by atoms with Crippen molar-refractivity contribution in [2.45, 2.75) is 18.2 Å². The summed E-state index contributed by atoms with van der Waals surface area (Å²) in [6, 6.07) is 6.68. The molecule has 0 unspecified atom stereocenters. The van der Waals surface area contributed by atoms with Crippen molar-refractivity contribution in [3.05, 3.63) is 40.9 Å². The van der Waals surface area contributed by atoms with Crippen molar-refractivity contribution in [2.75, 3.05) is 11.8 Å². The van der Waals surface area contributed by atoms with Gasteiger partial charge in [-0.25, -0.2) is 13.4 Å². The second kappa shape index (κ2) is 6.23. The van der Waals surface area contributed by atoms with E-state index in [2.05, 4.69) is 14.4 Å². The molecule has 0 bridgehead atoms. The van der Waals surface area contributed by atoms with Crippen LogP contribution in [-0.2, 0) is 26.0 Å². The summed E-state index contributed by atoms with van der Waals surface area (Å²) in [5.41, 5.74) is 1.12. The lowest BCUT2D eigenvalue weighted by molar-refractivity contribution is -0.139. The zero-order valence-corrected chi connectivity index (χ0v) is 13.1. The van der Waals surface area contributed by atoms with Gasteiger partial charge in [0, 0.05) is 5.38 Å². The highest BCUT2D eigenvalue weighted by atomic mass is 32.2. The lowest BCUT2D eigenvalue weighted by Crippen LogP contribution is -2.14. The summed E-state index contributed by atoms with van der Waals surface area (Å²) in [6.45, 7) is 1.72. The number of aromatic nitrogens is 1. The summed E-state index contributed by atoms with van der Waals surface area (Å²) in [7, 11) is -2.39. The molecule has 0 saturated heterocycles. The maximum atomic E-state index is 12.3. The smallest absolute Gasteiger partial charge is 0.311 e. The Bertz CT molecular complexity index is 753. The number of sulfonamides is 1. The van der Waals surface area contributed by atoms with Crippen molar-refractivity contribution in [1.82, 2.24) is 4.98 Å². The number of anilines is 1. The molecule has 0 aliphatic carbocycles. The predicted octanol–water partition coefficient (Wildman–Crippen LogP) is 1.97. The van der Waals surface area contributed by atoms with E-state index in [1.54, 1.807) is 30.5 Å². The minimum Gasteiger partial charge on any atom is -0.469 e. The fourth-order valence-corrected chi connectivity index (χ4v) is 3.89. The molecule has 1 heterocycles. The minimum atomic E-state index is -3.68. The highest BCUT2D eigenvalue weighted by Gasteiger charge is 2.18. The van der Waals surface area contributed by atoms with Crippen LogP contribution >= 0.6 is 11.3 Å². The standard InChI is InChI=1S/C13H14N2O4S2/c1-9-5-3-4-6-11(9)21(17,18)15-13-14-10(8-20-13)7-12(16)19-2/h3-6,8H,7H2,1-2H3,(H,14,15). The zero-order valence-electron chi connectivity index (χ0n) is 11.5. The molecule has 6 nitrogen and oxygen atoms in total. The molecule has 0 atom stereocenters. The Labute approximate surface area is 126 Å². The molecule has 1 aromatic heterocycles. The molecular weight excluding hydrogens is 312 g/mol. The van der Waals surface area contributed by atoms with E-state index in [4.69, 9.17) is 0 Å². The van der Waals surface area contributed by atoms with Gasteiger partial charge in [-0.15, -0.1) is 11.3 Å². The zero-order chi connectivity index (χ0) is 15.5. The first-order chi connectivity index (χ1) is 9.92. The van der Waals surface area contributed by atoms with Gasteiger partial charge >= 0.3 is 5.97 Å². The molecule has 0 aliphatic rings. The van der Waals surface area contributed by atoms with Crippen molar-refractivity contribution in [1.29, 1.82) is 0 Å². The molecule has 0 fully saturated rings. The minimum absolute atomic E-state index is 0.0130. The van der Waals surface area contributed by atoms with Gasteiger partial charge in [0.2, 0.25) is 0 Å². The lowest BCUT2D eigenvalue weighted by Gasteiger charge is -2.07. The summed E-state index contributed by atoms with van der Waals surface area (Å²) in [6.07, 6.45) is 0.0130. The molecular formula is C13H14N2O4S2. The molecule has 2 aromatic rings. The Hall–Kier alpha value is -1.93. The lowest BCUT2D eigenvalue weighted by atomic mass is 10.2. The van der Waals surface area contributed by atoms with E-state index in [-0.39, 0.29) is 16.4 Å². The Morgan fingerprint density at radius 1 is 1.38 bits per heavy atom. The fraction of sp³-hybridized carbons (Fsp3) is 0.231. The summed E-state index contributed by atoms with van der Waals surface area (Å²) >= 11 is 1.12. The quantitative estimate of drug-likeness (QED) is 0.849. The third kappa shape index (κ3) is 3.79. The van der Waals surface area contributed by atoms with Crippen LogP contribution in [0.15, 0.2) is 34.5 Å². The second-order valence-corrected chi connectivity index (χ2v) is 6.78. The first-order valence-corrected chi connectivity index (χ1v) is 8.38. The van der Waals surface area contributed by atoms with Gasteiger partial charge in [-0.3, -0.25) is 9.52 Å². The molecule has 2 rings (SSSR count). The average Bonchev–Trinajstić information content (AvgIpc) is 2.85. The van der Waals surface area contributed by atoms with Crippen molar-refractivity contribution in [3.63, 3.8) is 0 Å². The number of benzene rings is 1. The van der Waals surface area contributed by atoms with Crippen molar-refractivity contribution in [3.8, 4) is 0 Å². The average molecular weight is 326 g/mol. The van der Waals surface area contributed by atoms with Crippen molar-refractivity contribution < 1.29 is 17.9 Å². The molecule has 0 aliphatic heterocycles. The molecule has 1 N–H and O–H groups in total. The number of aryl methyl sites for hydroxylation is 1. The number of rotatable bonds is 5. The Morgan fingerprint density at radius 3 is 2.76 bits per heavy atom. The molecule has 0 radical (unpaired) electrons. The van der Waals surface area contributed by atoms with E-state index < -0.39 is 16.0 Å². The summed E-state index contributed by atoms with van der Waals surface area (Å²) in [5.74, 6) is -0.423. The number of carbonyl (C=O) groups excluding carboxylic acids is 1. The summed E-state index contributed by atoms with van der Waals surface area (Å²) in [4.78, 5) is 15.4. The summed E-state index contributed by atoms with van der Waals surface area (Å²) < 4.78 is 31.5. The first kappa shape index (κ1) is 15.5. The van der Waals surface area contributed by atoms with Crippen LogP contribution in [0.25, 0.3) is 0 Å². The van der Waals surface area contributed by atoms with Gasteiger partial charge in [-0.2, -0.15) is 0 Å². The van der Waals surface area contributed by atoms with Crippen LogP contribution in [0.2, 0.25) is 0 Å². The normalized spacial score (nSPS) is 11.1. The fourth-order valence-electron chi connectivity index (χ4n) is 1.68. The van der Waals surface area contributed by atoms with E-state index in [1.165, 1.54) is 13.2 Å². The Morgan fingerprint density at radius 2 is 2.10 bits per heavy atom. The monoisotopic (exact) mass is 326 g/mol. The highest BCUT2D eigenvalue weighted by Crippen LogP contribution is 2.22. The summed E-state index contributed by atoms with van der Waals surface area (Å²) in [5, 5.41) is 1.84. The van der Waals surface area contributed by atoms with Crippen LogP contribution in [0.1, 0.15) is 11.3 Å². The van der Waals surface area contributed by atoms with Gasteiger partial charge < -0.3 is 4.74 Å². The van der Waals surface area contributed by atoms with Gasteiger partial charge in [0.1, 0.15) is 0 Å². The van der Waals surface area contributed by atoms with E-state index in [9.17, 15) is 13.2 Å². The van der Waals surface area contributed by atoms with Gasteiger partial charge in [0.25, 0.3) is 10.0 Å². The van der Waals surface area contributed by atoms with Gasteiger partial charge in [0.05, 0.1) is 24.1 Å². The molecule has 0 spiro atoms. The van der Waals surface area contributed by atoms with Crippen LogP contribution in [0.3, 0.4) is 0 Å². The number of nitrogens with zero attached hydrogens (tertiary/aromatic N) is 1. The number of hydrogen-bond acceptors (Lipinski definition) is 6. The van der Waals surface area contributed by atoms with E-state index in [0.29, 0.717) is 11.3 Å². The van der Waals surface area contributed by atoms with Crippen molar-refractivity contribution >= 4 is 32.5 Å². The highest BCUT2D eigenvalue weighted by molar-refractivity contribution is 7.93. The van der Waals surface area contributed by atoms with Gasteiger partial charge in [-0.05, 0) is 18.6 Å². The maximum absolute atomic E-state index is 12.3. The van der Waals surface area contributed by atoms with Crippen LogP contribution in [0.4, 0.5) is 5.13 Å². The number of ether oxygens (including phenoxy) is 1. The molecule has 21 heavy (non-hydrogen) atoms. The van der Waals surface area contributed by atoms with Crippen LogP contribution in [-0.4, -0.2) is 26.5 Å². The third-order valence-corrected chi connectivity index (χ3v) is 5.14. The van der Waals surface area contributed by atoms with E-state index in [1.807, 2.05) is 0 Å². The SMILES string of the molecule is COC(=O)Cc1csc(NS(=O)(=O)c2ccccc2C)n1. The largest absolute Gasteiger partial charge is 0.469 e. The van der Waals surface area contributed by atoms with Crippen molar-refractivity contribution in [2.24, 2.45) is 0 Å². The van der Waals surface area contributed by atoms with Gasteiger partial charge in [-0.1, -0.05) is 18.2 Å². The topological polar surface area (TPSA) is 85.4 Å². The molecule has 0 saturated carbocycles. The Kier molecular flexibility index (Phi) is 4.59. The number of thiazole rings is 1. The first-order valence-electron chi connectivity index (χ1n) is 6.02. The number of methoxy groups -OCH3 is 1. The van der Waals surface area contributed by atoms with E-state index >= 15 is 0 Å². The second-order valence-electron chi connectivity index (χ2n) is 4.27. The number of esters is 1. The van der Waals surface area contributed by atoms with E-state index in [0.717, 1.165) is 11.3 Å².